The summed E-state index contributed by atoms with van der Waals surface area (Å²) in [6.07, 6.45) is -0.237. The molecule has 3 heterocycles. The van der Waals surface area contributed by atoms with Crippen LogP contribution in [0, 0.1) is 18.8 Å². The molecule has 12 heteroatoms. The van der Waals surface area contributed by atoms with E-state index >= 15 is 0 Å². The Bertz CT molecular complexity index is 1370. The first-order valence-corrected chi connectivity index (χ1v) is 14.9. The van der Waals surface area contributed by atoms with Crippen molar-refractivity contribution in [1.82, 2.24) is 20.4 Å². The molecule has 4 rings (SSSR count). The van der Waals surface area contributed by atoms with Crippen molar-refractivity contribution in [1.29, 1.82) is 0 Å². The standard InChI is InChI=1S/C30H38N4O7S/c1-17(2)26(24-13-25(33-41-24)40-11-10-18(3)30(38)39-5)29(37)34-15-22(35)12-23(34)28(36)31-14-20-6-8-21(9-7-20)27-19(4)32-16-42-27/h6-9,13,16-18,22-23,26,35H,10-12,14-15H2,1-5H3,(H,31,36)/t18?,22-,23+,26?/m1/s1. The highest BCUT2D eigenvalue weighted by atomic mass is 32.1. The second kappa shape index (κ2) is 13.9. The van der Waals surface area contributed by atoms with E-state index in [9.17, 15) is 19.5 Å². The van der Waals surface area contributed by atoms with Gasteiger partial charge in [0, 0.05) is 25.6 Å². The molecule has 42 heavy (non-hydrogen) atoms. The lowest BCUT2D eigenvalue weighted by Gasteiger charge is -2.28. The number of hydrogen-bond acceptors (Lipinski definition) is 10. The van der Waals surface area contributed by atoms with Gasteiger partial charge in [0.15, 0.2) is 5.76 Å². The van der Waals surface area contributed by atoms with Gasteiger partial charge in [0.2, 0.25) is 11.8 Å². The molecule has 0 saturated carbocycles. The van der Waals surface area contributed by atoms with Crippen molar-refractivity contribution in [2.24, 2.45) is 11.8 Å². The molecule has 3 aromatic rings. The summed E-state index contributed by atoms with van der Waals surface area (Å²) in [4.78, 5) is 45.4. The number of esters is 1. The summed E-state index contributed by atoms with van der Waals surface area (Å²) in [5.41, 5.74) is 4.78. The lowest BCUT2D eigenvalue weighted by Crippen LogP contribution is -2.48. The van der Waals surface area contributed by atoms with Crippen LogP contribution in [0.5, 0.6) is 5.88 Å². The van der Waals surface area contributed by atoms with Crippen LogP contribution in [0.3, 0.4) is 0 Å². The number of carbonyl (C=O) groups excluding carboxylic acids is 3. The molecule has 4 atom stereocenters. The van der Waals surface area contributed by atoms with Gasteiger partial charge in [0.05, 0.1) is 41.8 Å². The van der Waals surface area contributed by atoms with Gasteiger partial charge in [0.1, 0.15) is 12.0 Å². The number of nitrogens with one attached hydrogen (secondary N) is 1. The van der Waals surface area contributed by atoms with Crippen LogP contribution in [-0.4, -0.2) is 70.3 Å². The molecule has 0 spiro atoms. The molecule has 0 radical (unpaired) electrons. The van der Waals surface area contributed by atoms with Gasteiger partial charge >= 0.3 is 5.97 Å². The molecule has 1 fully saturated rings. The van der Waals surface area contributed by atoms with Crippen LogP contribution in [0.1, 0.15) is 56.5 Å². The molecular weight excluding hydrogens is 560 g/mol. The highest BCUT2D eigenvalue weighted by Crippen LogP contribution is 2.32. The number of benzene rings is 1. The maximum Gasteiger partial charge on any atom is 0.308 e. The molecular formula is C30H38N4O7S. The largest absolute Gasteiger partial charge is 0.475 e. The van der Waals surface area contributed by atoms with Gasteiger partial charge in [-0.15, -0.1) is 11.3 Å². The van der Waals surface area contributed by atoms with Crippen molar-refractivity contribution in [2.75, 3.05) is 20.3 Å². The summed E-state index contributed by atoms with van der Waals surface area (Å²) >= 11 is 1.58. The zero-order chi connectivity index (χ0) is 30.4. The highest BCUT2D eigenvalue weighted by molar-refractivity contribution is 7.13. The maximum atomic E-state index is 13.8. The highest BCUT2D eigenvalue weighted by Gasteiger charge is 2.43. The summed E-state index contributed by atoms with van der Waals surface area (Å²) in [5, 5.41) is 17.3. The molecule has 1 saturated heterocycles. The number of ether oxygens (including phenoxy) is 2. The van der Waals surface area contributed by atoms with Crippen molar-refractivity contribution >= 4 is 29.1 Å². The predicted molar refractivity (Wildman–Crippen MR) is 156 cm³/mol. The van der Waals surface area contributed by atoms with E-state index in [4.69, 9.17) is 14.0 Å². The number of aliphatic hydroxyl groups is 1. The van der Waals surface area contributed by atoms with E-state index < -0.39 is 18.1 Å². The summed E-state index contributed by atoms with van der Waals surface area (Å²) < 4.78 is 15.8. The van der Waals surface area contributed by atoms with Crippen LogP contribution < -0.4 is 10.1 Å². The Labute approximate surface area is 249 Å². The minimum absolute atomic E-state index is 0.0476. The lowest BCUT2D eigenvalue weighted by molar-refractivity contribution is -0.145. The molecule has 0 bridgehead atoms. The second-order valence-electron chi connectivity index (χ2n) is 10.9. The molecule has 2 aromatic heterocycles. The molecule has 0 aliphatic carbocycles. The molecule has 226 valence electrons. The van der Waals surface area contributed by atoms with E-state index in [1.807, 2.05) is 50.5 Å². The van der Waals surface area contributed by atoms with E-state index in [1.54, 1.807) is 24.3 Å². The van der Waals surface area contributed by atoms with Crippen LogP contribution in [0.15, 0.2) is 40.4 Å². The van der Waals surface area contributed by atoms with Gasteiger partial charge in [-0.3, -0.25) is 14.4 Å². The Balaban J connectivity index is 1.38. The second-order valence-corrected chi connectivity index (χ2v) is 11.8. The van der Waals surface area contributed by atoms with E-state index in [-0.39, 0.29) is 55.1 Å². The molecule has 11 nitrogen and oxygen atoms in total. The predicted octanol–water partition coefficient (Wildman–Crippen LogP) is 3.70. The quantitative estimate of drug-likeness (QED) is 0.298. The zero-order valence-electron chi connectivity index (χ0n) is 24.5. The number of β-amino-alcohol motifs (C(OH)–C–C–N with tert-alkyl or cyclic N) is 1. The number of methoxy groups -OCH3 is 1. The number of nitrogens with zero attached hydrogens (tertiary/aromatic N) is 3. The first-order valence-electron chi connectivity index (χ1n) is 14.0. The van der Waals surface area contributed by atoms with Gasteiger partial charge in [0.25, 0.3) is 5.88 Å². The normalized spacial score (nSPS) is 18.1. The lowest BCUT2D eigenvalue weighted by atomic mass is 9.91. The molecule has 1 aliphatic heterocycles. The Morgan fingerprint density at radius 1 is 1.21 bits per heavy atom. The Morgan fingerprint density at radius 2 is 1.95 bits per heavy atom. The Morgan fingerprint density at radius 3 is 2.60 bits per heavy atom. The Kier molecular flexibility index (Phi) is 10.3. The van der Waals surface area contributed by atoms with Crippen LogP contribution in [0.2, 0.25) is 0 Å². The van der Waals surface area contributed by atoms with Gasteiger partial charge in [-0.2, -0.15) is 0 Å². The molecule has 2 amide bonds. The van der Waals surface area contributed by atoms with Crippen LogP contribution >= 0.6 is 11.3 Å². The van der Waals surface area contributed by atoms with Gasteiger partial charge in [-0.05, 0) is 35.5 Å². The fourth-order valence-corrected chi connectivity index (χ4v) is 5.84. The number of likely N-dealkylation sites (tertiary alicyclic amines) is 1. The van der Waals surface area contributed by atoms with E-state index in [0.29, 0.717) is 18.7 Å². The summed E-state index contributed by atoms with van der Waals surface area (Å²) in [6.45, 7) is 8.03. The third-order valence-corrected chi connectivity index (χ3v) is 8.42. The molecule has 2 unspecified atom stereocenters. The number of amides is 2. The molecule has 1 aromatic carbocycles. The van der Waals surface area contributed by atoms with Crippen molar-refractivity contribution in [3.8, 4) is 16.3 Å². The van der Waals surface area contributed by atoms with E-state index in [1.165, 1.54) is 12.0 Å². The average Bonchev–Trinajstić information content (AvgIpc) is 3.71. The van der Waals surface area contributed by atoms with Crippen LogP contribution in [-0.2, 0) is 25.7 Å². The maximum absolute atomic E-state index is 13.8. The van der Waals surface area contributed by atoms with E-state index in [0.717, 1.165) is 21.7 Å². The smallest absolute Gasteiger partial charge is 0.308 e. The number of carbonyl (C=O) groups is 3. The minimum Gasteiger partial charge on any atom is -0.475 e. The minimum atomic E-state index is -0.815. The topological polar surface area (TPSA) is 144 Å². The number of rotatable bonds is 12. The molecule has 1 aliphatic rings. The van der Waals surface area contributed by atoms with Crippen molar-refractivity contribution in [3.63, 3.8) is 0 Å². The number of aliphatic hydroxyl groups excluding tert-OH is 1. The average molecular weight is 599 g/mol. The van der Waals surface area contributed by atoms with Crippen LogP contribution in [0.25, 0.3) is 10.4 Å². The monoisotopic (exact) mass is 598 g/mol. The van der Waals surface area contributed by atoms with Crippen LogP contribution in [0.4, 0.5) is 0 Å². The van der Waals surface area contributed by atoms with Crippen molar-refractivity contribution < 1.29 is 33.5 Å². The summed E-state index contributed by atoms with van der Waals surface area (Å²) in [5.74, 6) is -1.71. The number of hydrogen-bond donors (Lipinski definition) is 2. The fourth-order valence-electron chi connectivity index (χ4n) is 5.03. The third kappa shape index (κ3) is 7.35. The van der Waals surface area contributed by atoms with Crippen molar-refractivity contribution in [3.05, 3.63) is 52.9 Å². The Hall–Kier alpha value is -3.77. The molecule has 2 N–H and O–H groups in total. The van der Waals surface area contributed by atoms with Gasteiger partial charge in [-0.1, -0.05) is 45.0 Å². The number of aryl methyl sites for hydroxylation is 1. The fraction of sp³-hybridized carbons (Fsp3) is 0.500. The third-order valence-electron chi connectivity index (χ3n) is 7.44. The van der Waals surface area contributed by atoms with E-state index in [2.05, 4.69) is 15.5 Å². The first-order chi connectivity index (χ1) is 20.1. The van der Waals surface area contributed by atoms with Gasteiger partial charge in [-0.25, -0.2) is 4.98 Å². The SMILES string of the molecule is COC(=O)C(C)CCOc1cc(C(C(=O)N2C[C@H](O)C[C@H]2C(=O)NCc2ccc(-c3scnc3C)cc2)C(C)C)on1. The summed E-state index contributed by atoms with van der Waals surface area (Å²) in [6, 6.07) is 8.65. The van der Waals surface area contributed by atoms with Crippen molar-refractivity contribution in [2.45, 2.75) is 65.1 Å². The summed E-state index contributed by atoms with van der Waals surface area (Å²) in [7, 11) is 1.34. The number of aromatic nitrogens is 2. The zero-order valence-corrected chi connectivity index (χ0v) is 25.3. The number of thiazole rings is 1. The van der Waals surface area contributed by atoms with Gasteiger partial charge < -0.3 is 29.3 Å². The first kappa shape index (κ1) is 31.2.